The van der Waals surface area contributed by atoms with Crippen LogP contribution in [0.15, 0.2) is 6.20 Å². The number of aryl methyl sites for hydroxylation is 1. The lowest BCUT2D eigenvalue weighted by atomic mass is 9.93. The molecule has 0 spiro atoms. The standard InChI is InChI=1S/C11H19N3/c1-3-7-12-11-13-9(2)8-14(11)10-5-4-6-10/h8,10H,3-7H2,1-2H3,(H,12,13). The largest absolute Gasteiger partial charge is 0.356 e. The molecule has 2 rings (SSSR count). The Morgan fingerprint density at radius 2 is 2.36 bits per heavy atom. The molecular formula is C11H19N3. The minimum absolute atomic E-state index is 0.704. The van der Waals surface area contributed by atoms with Gasteiger partial charge in [-0.3, -0.25) is 0 Å². The Bertz CT molecular complexity index is 299. The predicted octanol–water partition coefficient (Wildman–Crippen LogP) is 2.74. The fourth-order valence-corrected chi connectivity index (χ4v) is 1.83. The molecule has 0 aromatic carbocycles. The van der Waals surface area contributed by atoms with E-state index in [2.05, 4.69) is 34.9 Å². The summed E-state index contributed by atoms with van der Waals surface area (Å²) in [5.41, 5.74) is 1.12. The highest BCUT2D eigenvalue weighted by molar-refractivity contribution is 5.29. The highest BCUT2D eigenvalue weighted by Crippen LogP contribution is 2.33. The van der Waals surface area contributed by atoms with Gasteiger partial charge in [0.05, 0.1) is 5.69 Å². The molecule has 0 unspecified atom stereocenters. The van der Waals surface area contributed by atoms with Crippen LogP contribution in [0, 0.1) is 6.92 Å². The summed E-state index contributed by atoms with van der Waals surface area (Å²) in [6.07, 6.45) is 7.32. The zero-order valence-electron chi connectivity index (χ0n) is 9.08. The van der Waals surface area contributed by atoms with Crippen LogP contribution in [0.4, 0.5) is 5.95 Å². The second-order valence-corrected chi connectivity index (χ2v) is 4.12. The van der Waals surface area contributed by atoms with Crippen molar-refractivity contribution >= 4 is 5.95 Å². The summed E-state index contributed by atoms with van der Waals surface area (Å²) in [5, 5.41) is 3.38. The van der Waals surface area contributed by atoms with Gasteiger partial charge in [-0.2, -0.15) is 0 Å². The van der Waals surface area contributed by atoms with E-state index in [4.69, 9.17) is 0 Å². The van der Waals surface area contributed by atoms with E-state index in [0.717, 1.165) is 24.6 Å². The van der Waals surface area contributed by atoms with Gasteiger partial charge in [-0.1, -0.05) is 6.92 Å². The van der Waals surface area contributed by atoms with Crippen molar-refractivity contribution in [2.75, 3.05) is 11.9 Å². The first-order valence-electron chi connectivity index (χ1n) is 5.60. The number of hydrogen-bond donors (Lipinski definition) is 1. The van der Waals surface area contributed by atoms with Crippen molar-refractivity contribution in [2.24, 2.45) is 0 Å². The van der Waals surface area contributed by atoms with Gasteiger partial charge in [-0.15, -0.1) is 0 Å². The molecule has 1 aromatic heterocycles. The Balaban J connectivity index is 2.10. The third-order valence-electron chi connectivity index (χ3n) is 2.85. The highest BCUT2D eigenvalue weighted by atomic mass is 15.2. The summed E-state index contributed by atoms with van der Waals surface area (Å²) in [7, 11) is 0. The lowest BCUT2D eigenvalue weighted by Gasteiger charge is -2.28. The molecule has 0 radical (unpaired) electrons. The van der Waals surface area contributed by atoms with Crippen molar-refractivity contribution in [2.45, 2.75) is 45.6 Å². The summed E-state index contributed by atoms with van der Waals surface area (Å²) in [6.45, 7) is 5.26. The maximum Gasteiger partial charge on any atom is 0.203 e. The van der Waals surface area contributed by atoms with Crippen LogP contribution < -0.4 is 5.32 Å². The second kappa shape index (κ2) is 4.03. The monoisotopic (exact) mass is 193 g/mol. The Morgan fingerprint density at radius 1 is 1.57 bits per heavy atom. The van der Waals surface area contributed by atoms with Gasteiger partial charge in [0.25, 0.3) is 0 Å². The molecule has 1 saturated carbocycles. The number of imidazole rings is 1. The van der Waals surface area contributed by atoms with Crippen LogP contribution in [0.2, 0.25) is 0 Å². The first-order chi connectivity index (χ1) is 6.81. The SMILES string of the molecule is CCCNc1nc(C)cn1C1CCC1. The van der Waals surface area contributed by atoms with Gasteiger partial charge in [0.2, 0.25) is 5.95 Å². The summed E-state index contributed by atoms with van der Waals surface area (Å²) in [4.78, 5) is 4.50. The highest BCUT2D eigenvalue weighted by Gasteiger charge is 2.21. The summed E-state index contributed by atoms with van der Waals surface area (Å²) >= 11 is 0. The van der Waals surface area contributed by atoms with Crippen molar-refractivity contribution in [3.63, 3.8) is 0 Å². The number of nitrogens with zero attached hydrogens (tertiary/aromatic N) is 2. The van der Waals surface area contributed by atoms with Crippen molar-refractivity contribution < 1.29 is 0 Å². The average molecular weight is 193 g/mol. The van der Waals surface area contributed by atoms with Gasteiger partial charge in [-0.25, -0.2) is 4.98 Å². The third kappa shape index (κ3) is 1.76. The number of nitrogens with one attached hydrogen (secondary N) is 1. The number of aromatic nitrogens is 2. The van der Waals surface area contributed by atoms with Crippen LogP contribution in [0.3, 0.4) is 0 Å². The smallest absolute Gasteiger partial charge is 0.203 e. The zero-order chi connectivity index (χ0) is 9.97. The van der Waals surface area contributed by atoms with E-state index in [1.807, 2.05) is 0 Å². The molecular weight excluding hydrogens is 174 g/mol. The molecule has 1 aliphatic carbocycles. The fourth-order valence-electron chi connectivity index (χ4n) is 1.83. The minimum Gasteiger partial charge on any atom is -0.356 e. The maximum atomic E-state index is 4.50. The van der Waals surface area contributed by atoms with Crippen LogP contribution in [-0.2, 0) is 0 Å². The Hall–Kier alpha value is -0.990. The van der Waals surface area contributed by atoms with Crippen LogP contribution in [0.25, 0.3) is 0 Å². The second-order valence-electron chi connectivity index (χ2n) is 4.12. The van der Waals surface area contributed by atoms with E-state index in [1.54, 1.807) is 0 Å². The average Bonchev–Trinajstić information content (AvgIpc) is 2.40. The minimum atomic E-state index is 0.704. The number of hydrogen-bond acceptors (Lipinski definition) is 2. The molecule has 1 aromatic rings. The van der Waals surface area contributed by atoms with Crippen molar-refractivity contribution in [1.29, 1.82) is 0 Å². The first-order valence-corrected chi connectivity index (χ1v) is 5.60. The van der Waals surface area contributed by atoms with Crippen molar-refractivity contribution in [3.05, 3.63) is 11.9 Å². The van der Waals surface area contributed by atoms with E-state index in [-0.39, 0.29) is 0 Å². The zero-order valence-corrected chi connectivity index (χ0v) is 9.08. The van der Waals surface area contributed by atoms with E-state index < -0.39 is 0 Å². The molecule has 1 N–H and O–H groups in total. The van der Waals surface area contributed by atoms with Gasteiger partial charge >= 0.3 is 0 Å². The van der Waals surface area contributed by atoms with E-state index >= 15 is 0 Å². The summed E-state index contributed by atoms with van der Waals surface area (Å²) in [5.74, 6) is 1.06. The van der Waals surface area contributed by atoms with Gasteiger partial charge in [0, 0.05) is 18.8 Å². The lowest BCUT2D eigenvalue weighted by molar-refractivity contribution is 0.316. The van der Waals surface area contributed by atoms with Gasteiger partial charge in [0.1, 0.15) is 0 Å². The molecule has 3 heteroatoms. The topological polar surface area (TPSA) is 29.9 Å². The molecule has 0 amide bonds. The van der Waals surface area contributed by atoms with E-state index in [1.165, 1.54) is 19.3 Å². The van der Waals surface area contributed by atoms with Crippen LogP contribution in [-0.4, -0.2) is 16.1 Å². The molecule has 3 nitrogen and oxygen atoms in total. The van der Waals surface area contributed by atoms with Crippen LogP contribution in [0.5, 0.6) is 0 Å². The van der Waals surface area contributed by atoms with E-state index in [9.17, 15) is 0 Å². The molecule has 1 heterocycles. The molecule has 1 aliphatic rings. The van der Waals surface area contributed by atoms with Crippen LogP contribution >= 0.6 is 0 Å². The van der Waals surface area contributed by atoms with Gasteiger partial charge in [-0.05, 0) is 32.6 Å². The van der Waals surface area contributed by atoms with Crippen LogP contribution in [0.1, 0.15) is 44.3 Å². The van der Waals surface area contributed by atoms with Gasteiger partial charge < -0.3 is 9.88 Å². The Labute approximate surface area is 85.5 Å². The Kier molecular flexibility index (Phi) is 2.75. The third-order valence-corrected chi connectivity index (χ3v) is 2.85. The number of anilines is 1. The summed E-state index contributed by atoms with van der Waals surface area (Å²) < 4.78 is 2.31. The predicted molar refractivity (Wildman–Crippen MR) is 58.6 cm³/mol. The molecule has 78 valence electrons. The Morgan fingerprint density at radius 3 is 2.93 bits per heavy atom. The van der Waals surface area contributed by atoms with E-state index in [0.29, 0.717) is 6.04 Å². The molecule has 1 fully saturated rings. The van der Waals surface area contributed by atoms with Gasteiger partial charge in [0.15, 0.2) is 0 Å². The number of rotatable bonds is 4. The summed E-state index contributed by atoms with van der Waals surface area (Å²) in [6, 6.07) is 0.704. The molecule has 0 saturated heterocycles. The molecule has 14 heavy (non-hydrogen) atoms. The van der Waals surface area contributed by atoms with Crippen molar-refractivity contribution in [1.82, 2.24) is 9.55 Å². The first kappa shape index (κ1) is 9.56. The van der Waals surface area contributed by atoms with Crippen molar-refractivity contribution in [3.8, 4) is 0 Å². The quantitative estimate of drug-likeness (QED) is 0.796. The normalized spacial score (nSPS) is 16.7. The molecule has 0 bridgehead atoms. The lowest BCUT2D eigenvalue weighted by Crippen LogP contribution is -2.19. The fraction of sp³-hybridized carbons (Fsp3) is 0.727. The molecule has 0 aliphatic heterocycles. The maximum absolute atomic E-state index is 4.50. The molecule has 0 atom stereocenters.